The van der Waals surface area contributed by atoms with Gasteiger partial charge in [0.25, 0.3) is 0 Å². The highest BCUT2D eigenvalue weighted by molar-refractivity contribution is 8.24. The molecule has 2 aliphatic heterocycles. The number of carbonyl (C=O) groups is 2. The molecule has 2 amide bonds. The molecule has 4 rings (SSSR count). The summed E-state index contributed by atoms with van der Waals surface area (Å²) in [4.78, 5) is 25.2. The number of cyclic esters (lactones) is 1. The van der Waals surface area contributed by atoms with Gasteiger partial charge >= 0.3 is 6.09 Å². The quantitative estimate of drug-likeness (QED) is 0.603. The number of amides is 2. The first-order chi connectivity index (χ1) is 15.5. The maximum Gasteiger partial charge on any atom is 0.414 e. The second-order valence-corrected chi connectivity index (χ2v) is 9.06. The summed E-state index contributed by atoms with van der Waals surface area (Å²) < 4.78 is 17.1. The average molecular weight is 471 g/mol. The molecule has 2 saturated heterocycles. The van der Waals surface area contributed by atoms with Gasteiger partial charge in [0.2, 0.25) is 5.91 Å². The van der Waals surface area contributed by atoms with Gasteiger partial charge in [-0.2, -0.15) is 0 Å². The first-order valence-electron chi connectivity index (χ1n) is 10.1. The predicted molar refractivity (Wildman–Crippen MR) is 127 cm³/mol. The van der Waals surface area contributed by atoms with Crippen LogP contribution in [0.1, 0.15) is 18.1 Å². The fraction of sp³-hybridized carbons (Fsp3) is 0.261. The number of methoxy groups -OCH3 is 1. The first-order valence-corrected chi connectivity index (χ1v) is 11.4. The molecule has 0 radical (unpaired) electrons. The van der Waals surface area contributed by atoms with Gasteiger partial charge < -0.3 is 19.5 Å². The van der Waals surface area contributed by atoms with Crippen LogP contribution >= 0.6 is 24.0 Å². The van der Waals surface area contributed by atoms with Crippen molar-refractivity contribution in [3.8, 4) is 17.2 Å². The maximum atomic E-state index is 11.9. The van der Waals surface area contributed by atoms with Crippen molar-refractivity contribution in [3.63, 3.8) is 0 Å². The van der Waals surface area contributed by atoms with Gasteiger partial charge in [0.15, 0.2) is 11.5 Å². The van der Waals surface area contributed by atoms with Crippen LogP contribution in [-0.2, 0) is 16.0 Å². The van der Waals surface area contributed by atoms with E-state index < -0.39 is 0 Å². The second kappa shape index (κ2) is 9.62. The number of thiocarbonyl (C=S) groups is 1. The van der Waals surface area contributed by atoms with Crippen molar-refractivity contribution in [1.82, 2.24) is 10.2 Å². The molecule has 1 atom stereocenters. The standard InChI is InChI=1S/C23H22N2O5S2/c1-3-25-16(13-29-23(25)27)10-14-4-7-17(8-5-14)30-18-9-6-15(11-19(18)28-2)12-20-21(26)24-22(31)32-20/h4-11,20H,3,12-13H2,1-2H3,(H,24,26,31). The van der Waals surface area contributed by atoms with Gasteiger partial charge in [0.05, 0.1) is 18.1 Å². The Labute approximate surface area is 195 Å². The molecule has 32 heavy (non-hydrogen) atoms. The Morgan fingerprint density at radius 2 is 2.00 bits per heavy atom. The van der Waals surface area contributed by atoms with Crippen LogP contribution in [0.3, 0.4) is 0 Å². The molecule has 1 unspecified atom stereocenters. The Bertz CT molecular complexity index is 1080. The topological polar surface area (TPSA) is 77.1 Å². The van der Waals surface area contributed by atoms with Crippen LogP contribution in [0.4, 0.5) is 4.79 Å². The Kier molecular flexibility index (Phi) is 6.66. The lowest BCUT2D eigenvalue weighted by Gasteiger charge is -2.13. The van der Waals surface area contributed by atoms with Crippen molar-refractivity contribution >= 4 is 46.4 Å². The second-order valence-electron chi connectivity index (χ2n) is 7.18. The Hall–Kier alpha value is -3.04. The van der Waals surface area contributed by atoms with Gasteiger partial charge in [0, 0.05) is 6.54 Å². The number of nitrogens with one attached hydrogen (secondary N) is 1. The summed E-state index contributed by atoms with van der Waals surface area (Å²) >= 11 is 6.42. The molecule has 2 heterocycles. The van der Waals surface area contributed by atoms with Crippen LogP contribution in [0, 0.1) is 0 Å². The summed E-state index contributed by atoms with van der Waals surface area (Å²) in [5, 5.41) is 2.43. The number of benzene rings is 2. The van der Waals surface area contributed by atoms with E-state index >= 15 is 0 Å². The molecule has 166 valence electrons. The van der Waals surface area contributed by atoms with E-state index in [1.807, 2.05) is 55.5 Å². The molecule has 0 spiro atoms. The molecule has 2 fully saturated rings. The van der Waals surface area contributed by atoms with E-state index in [2.05, 4.69) is 5.32 Å². The Morgan fingerprint density at radius 3 is 2.66 bits per heavy atom. The number of hydrogen-bond acceptors (Lipinski definition) is 7. The molecular weight excluding hydrogens is 448 g/mol. The monoisotopic (exact) mass is 470 g/mol. The highest BCUT2D eigenvalue weighted by atomic mass is 32.2. The lowest BCUT2D eigenvalue weighted by atomic mass is 10.1. The number of hydrogen-bond donors (Lipinski definition) is 1. The van der Waals surface area contributed by atoms with Crippen LogP contribution in [0.25, 0.3) is 6.08 Å². The normalized spacial score (nSPS) is 19.3. The molecule has 1 N–H and O–H groups in total. The predicted octanol–water partition coefficient (Wildman–Crippen LogP) is 4.36. The van der Waals surface area contributed by atoms with Gasteiger partial charge in [-0.1, -0.05) is 42.2 Å². The molecule has 0 saturated carbocycles. The summed E-state index contributed by atoms with van der Waals surface area (Å²) in [6.07, 6.45) is 2.16. The van der Waals surface area contributed by atoms with Crippen LogP contribution < -0.4 is 14.8 Å². The number of ether oxygens (including phenoxy) is 3. The van der Waals surface area contributed by atoms with Crippen molar-refractivity contribution < 1.29 is 23.8 Å². The van der Waals surface area contributed by atoms with Crippen molar-refractivity contribution in [2.45, 2.75) is 18.6 Å². The van der Waals surface area contributed by atoms with Crippen LogP contribution in [0.15, 0.2) is 48.2 Å². The molecular formula is C23H22N2O5S2. The molecule has 2 aromatic carbocycles. The average Bonchev–Trinajstić information content (AvgIpc) is 3.30. The lowest BCUT2D eigenvalue weighted by molar-refractivity contribution is -0.118. The number of rotatable bonds is 7. The largest absolute Gasteiger partial charge is 0.493 e. The fourth-order valence-electron chi connectivity index (χ4n) is 3.48. The van der Waals surface area contributed by atoms with E-state index in [1.165, 1.54) is 11.8 Å². The van der Waals surface area contributed by atoms with E-state index in [1.54, 1.807) is 12.0 Å². The fourth-order valence-corrected chi connectivity index (χ4v) is 4.79. The zero-order chi connectivity index (χ0) is 22.7. The number of nitrogens with zero attached hydrogens (tertiary/aromatic N) is 1. The van der Waals surface area contributed by atoms with Crippen molar-refractivity contribution in [3.05, 3.63) is 59.3 Å². The zero-order valence-corrected chi connectivity index (χ0v) is 19.3. The minimum Gasteiger partial charge on any atom is -0.493 e. The van der Waals surface area contributed by atoms with E-state index in [4.69, 9.17) is 26.4 Å². The van der Waals surface area contributed by atoms with Crippen molar-refractivity contribution in [2.75, 3.05) is 20.3 Å². The SMILES string of the molecule is CCN1C(=O)OCC1=Cc1ccc(Oc2ccc(CC3SC(=S)NC3=O)cc2OC)cc1. The van der Waals surface area contributed by atoms with Crippen molar-refractivity contribution in [2.24, 2.45) is 0 Å². The minimum absolute atomic E-state index is 0.0649. The lowest BCUT2D eigenvalue weighted by Crippen LogP contribution is -2.25. The number of likely N-dealkylation sites (N-methyl/N-ethyl adjacent to an activating group) is 1. The molecule has 9 heteroatoms. The molecule has 2 aliphatic rings. The van der Waals surface area contributed by atoms with E-state index in [0.29, 0.717) is 34.5 Å². The van der Waals surface area contributed by atoms with Crippen LogP contribution in [-0.4, -0.2) is 46.7 Å². The highest BCUT2D eigenvalue weighted by Gasteiger charge is 2.29. The number of thioether (sulfide) groups is 1. The van der Waals surface area contributed by atoms with Crippen LogP contribution in [0.2, 0.25) is 0 Å². The van der Waals surface area contributed by atoms with E-state index in [0.717, 1.165) is 16.8 Å². The minimum atomic E-state index is -0.316. The third-order valence-electron chi connectivity index (χ3n) is 5.08. The van der Waals surface area contributed by atoms with Gasteiger partial charge in [-0.25, -0.2) is 4.79 Å². The van der Waals surface area contributed by atoms with Crippen LogP contribution in [0.5, 0.6) is 17.2 Å². The van der Waals surface area contributed by atoms with E-state index in [9.17, 15) is 9.59 Å². The summed E-state index contributed by atoms with van der Waals surface area (Å²) in [7, 11) is 1.58. The highest BCUT2D eigenvalue weighted by Crippen LogP contribution is 2.34. The van der Waals surface area contributed by atoms with Gasteiger partial charge in [-0.3, -0.25) is 9.69 Å². The molecule has 0 aromatic heterocycles. The first kappa shape index (κ1) is 22.2. The molecule has 0 aliphatic carbocycles. The van der Waals surface area contributed by atoms with E-state index in [-0.39, 0.29) is 23.9 Å². The van der Waals surface area contributed by atoms with Gasteiger partial charge in [-0.05, 0) is 54.8 Å². The van der Waals surface area contributed by atoms with Gasteiger partial charge in [-0.15, -0.1) is 0 Å². The van der Waals surface area contributed by atoms with Gasteiger partial charge in [0.1, 0.15) is 16.7 Å². The third-order valence-corrected chi connectivity index (χ3v) is 6.46. The third kappa shape index (κ3) is 4.89. The summed E-state index contributed by atoms with van der Waals surface area (Å²) in [5.74, 6) is 1.75. The summed E-state index contributed by atoms with van der Waals surface area (Å²) in [6.45, 7) is 2.76. The summed E-state index contributed by atoms with van der Waals surface area (Å²) in [5.41, 5.74) is 2.73. The maximum absolute atomic E-state index is 11.9. The smallest absolute Gasteiger partial charge is 0.414 e. The molecule has 2 aromatic rings. The Morgan fingerprint density at radius 1 is 1.22 bits per heavy atom. The number of carbonyl (C=O) groups excluding carboxylic acids is 2. The zero-order valence-electron chi connectivity index (χ0n) is 17.6. The molecule has 0 bridgehead atoms. The van der Waals surface area contributed by atoms with Crippen molar-refractivity contribution in [1.29, 1.82) is 0 Å². The Balaban J connectivity index is 1.45. The summed E-state index contributed by atoms with van der Waals surface area (Å²) in [6, 6.07) is 13.2. The molecule has 7 nitrogen and oxygen atoms in total.